The molecule has 0 aliphatic heterocycles. The average molecular weight is 350 g/mol. The molecule has 0 saturated heterocycles. The molecule has 0 saturated carbocycles. The number of pyridine rings is 1. The van der Waals surface area contributed by atoms with Gasteiger partial charge in [-0.25, -0.2) is 15.0 Å². The zero-order valence-electron chi connectivity index (χ0n) is 14.4. The highest BCUT2D eigenvalue weighted by Gasteiger charge is 2.24. The normalized spacial score (nSPS) is 10.4. The molecule has 0 fully saturated rings. The summed E-state index contributed by atoms with van der Waals surface area (Å²) >= 11 is 0. The van der Waals surface area contributed by atoms with E-state index in [1.165, 1.54) is 11.9 Å². The third kappa shape index (κ3) is 3.75. The predicted octanol–water partition coefficient (Wildman–Crippen LogP) is 4.14. The van der Waals surface area contributed by atoms with Gasteiger partial charge in [-0.05, 0) is 42.7 Å². The molecule has 0 radical (unpaired) electrons. The van der Waals surface area contributed by atoms with Crippen molar-refractivity contribution < 1.29 is 4.92 Å². The lowest BCUT2D eigenvalue weighted by molar-refractivity contribution is -0.383. The molecule has 26 heavy (non-hydrogen) atoms. The number of anilines is 4. The summed E-state index contributed by atoms with van der Waals surface area (Å²) < 4.78 is 0. The second-order valence-corrected chi connectivity index (χ2v) is 5.65. The average Bonchev–Trinajstić information content (AvgIpc) is 2.64. The molecule has 2 heterocycles. The van der Waals surface area contributed by atoms with Gasteiger partial charge in [-0.3, -0.25) is 10.1 Å². The number of hydrogen-bond donors (Lipinski definition) is 2. The Bertz CT molecular complexity index is 927. The minimum absolute atomic E-state index is 0.0829. The van der Waals surface area contributed by atoms with E-state index in [0.29, 0.717) is 11.5 Å². The van der Waals surface area contributed by atoms with E-state index in [0.717, 1.165) is 12.0 Å². The van der Waals surface area contributed by atoms with Crippen LogP contribution >= 0.6 is 0 Å². The van der Waals surface area contributed by atoms with E-state index in [1.807, 2.05) is 37.3 Å². The Morgan fingerprint density at radius 1 is 1.00 bits per heavy atom. The fourth-order valence-electron chi connectivity index (χ4n) is 2.42. The summed E-state index contributed by atoms with van der Waals surface area (Å²) in [5.41, 5.74) is 2.51. The van der Waals surface area contributed by atoms with Gasteiger partial charge >= 0.3 is 5.69 Å². The van der Waals surface area contributed by atoms with Crippen molar-refractivity contribution in [2.75, 3.05) is 10.6 Å². The van der Waals surface area contributed by atoms with E-state index in [1.54, 1.807) is 12.3 Å². The molecule has 8 heteroatoms. The Labute approximate surface area is 150 Å². The fraction of sp³-hybridized carbons (Fsp3) is 0.167. The predicted molar refractivity (Wildman–Crippen MR) is 100 cm³/mol. The van der Waals surface area contributed by atoms with Gasteiger partial charge in [0.2, 0.25) is 11.6 Å². The van der Waals surface area contributed by atoms with Crippen LogP contribution in [-0.4, -0.2) is 19.9 Å². The molecule has 0 atom stereocenters. The second-order valence-electron chi connectivity index (χ2n) is 5.65. The number of aryl methyl sites for hydroxylation is 2. The van der Waals surface area contributed by atoms with Crippen LogP contribution < -0.4 is 10.6 Å². The summed E-state index contributed by atoms with van der Waals surface area (Å²) in [6.07, 6.45) is 3.80. The van der Waals surface area contributed by atoms with Crippen LogP contribution in [0.4, 0.5) is 28.8 Å². The maximum absolute atomic E-state index is 11.6. The van der Waals surface area contributed by atoms with E-state index in [-0.39, 0.29) is 17.3 Å². The van der Waals surface area contributed by atoms with E-state index >= 15 is 0 Å². The molecule has 0 amide bonds. The Morgan fingerprint density at radius 2 is 1.69 bits per heavy atom. The number of rotatable bonds is 6. The minimum Gasteiger partial charge on any atom is -0.334 e. The van der Waals surface area contributed by atoms with Gasteiger partial charge in [0.15, 0.2) is 0 Å². The molecule has 8 nitrogen and oxygen atoms in total. The van der Waals surface area contributed by atoms with Gasteiger partial charge < -0.3 is 10.6 Å². The molecule has 2 aromatic heterocycles. The number of aromatic nitrogens is 3. The van der Waals surface area contributed by atoms with Crippen LogP contribution in [0.25, 0.3) is 0 Å². The molecule has 0 unspecified atom stereocenters. The molecule has 1 aromatic carbocycles. The Hall–Kier alpha value is -3.55. The largest absolute Gasteiger partial charge is 0.353 e. The van der Waals surface area contributed by atoms with Crippen LogP contribution in [0, 0.1) is 17.0 Å². The van der Waals surface area contributed by atoms with Crippen LogP contribution in [0.2, 0.25) is 0 Å². The molecule has 2 N–H and O–H groups in total. The molecular formula is C18H18N6O2. The van der Waals surface area contributed by atoms with Crippen LogP contribution in [0.5, 0.6) is 0 Å². The van der Waals surface area contributed by atoms with E-state index < -0.39 is 4.92 Å². The first-order chi connectivity index (χ1) is 12.6. The summed E-state index contributed by atoms with van der Waals surface area (Å²) in [6, 6.07) is 11.3. The van der Waals surface area contributed by atoms with Gasteiger partial charge in [-0.2, -0.15) is 0 Å². The van der Waals surface area contributed by atoms with Gasteiger partial charge in [0, 0.05) is 11.9 Å². The van der Waals surface area contributed by atoms with Crippen molar-refractivity contribution in [3.8, 4) is 0 Å². The summed E-state index contributed by atoms with van der Waals surface area (Å²) in [6.45, 7) is 3.92. The summed E-state index contributed by atoms with van der Waals surface area (Å²) in [7, 11) is 0. The highest BCUT2D eigenvalue weighted by atomic mass is 16.6. The Kier molecular flexibility index (Phi) is 5.02. The van der Waals surface area contributed by atoms with Crippen molar-refractivity contribution in [3.05, 3.63) is 70.2 Å². The van der Waals surface area contributed by atoms with Crippen molar-refractivity contribution in [1.82, 2.24) is 15.0 Å². The topological polar surface area (TPSA) is 106 Å². The standard InChI is InChI=1S/C18H18N6O2/c1-3-13-6-8-14(9-7-13)22-17-15(24(25)26)18(21-11-20-17)23-16-12(2)5-4-10-19-16/h4-11H,3H2,1-2H3,(H2,19,20,21,22,23). The quantitative estimate of drug-likeness (QED) is 0.508. The third-order valence-electron chi connectivity index (χ3n) is 3.88. The molecule has 0 bridgehead atoms. The first-order valence-corrected chi connectivity index (χ1v) is 8.12. The zero-order valence-corrected chi connectivity index (χ0v) is 14.4. The molecule has 132 valence electrons. The number of nitro groups is 1. The van der Waals surface area contributed by atoms with Crippen LogP contribution in [0.1, 0.15) is 18.1 Å². The molecule has 3 rings (SSSR count). The Morgan fingerprint density at radius 3 is 2.31 bits per heavy atom. The van der Waals surface area contributed by atoms with Gasteiger partial charge in [0.25, 0.3) is 0 Å². The lowest BCUT2D eigenvalue weighted by atomic mass is 10.1. The lowest BCUT2D eigenvalue weighted by Gasteiger charge is -2.11. The van der Waals surface area contributed by atoms with E-state index in [4.69, 9.17) is 0 Å². The maximum atomic E-state index is 11.6. The zero-order chi connectivity index (χ0) is 18.5. The summed E-state index contributed by atoms with van der Waals surface area (Å²) in [4.78, 5) is 23.4. The highest BCUT2D eigenvalue weighted by Crippen LogP contribution is 2.33. The molecule has 3 aromatic rings. The molecule has 0 aliphatic rings. The summed E-state index contributed by atoms with van der Waals surface area (Å²) in [5.74, 6) is 0.706. The molecule has 0 spiro atoms. The van der Waals surface area contributed by atoms with E-state index in [9.17, 15) is 10.1 Å². The van der Waals surface area contributed by atoms with Crippen molar-refractivity contribution >= 4 is 28.8 Å². The van der Waals surface area contributed by atoms with Crippen molar-refractivity contribution in [3.63, 3.8) is 0 Å². The van der Waals surface area contributed by atoms with Crippen LogP contribution in [0.15, 0.2) is 48.9 Å². The highest BCUT2D eigenvalue weighted by molar-refractivity contribution is 5.76. The van der Waals surface area contributed by atoms with Crippen LogP contribution in [0.3, 0.4) is 0 Å². The maximum Gasteiger partial charge on any atom is 0.353 e. The minimum atomic E-state index is -0.511. The van der Waals surface area contributed by atoms with Crippen molar-refractivity contribution in [2.24, 2.45) is 0 Å². The van der Waals surface area contributed by atoms with Crippen LogP contribution in [-0.2, 0) is 6.42 Å². The molecular weight excluding hydrogens is 332 g/mol. The van der Waals surface area contributed by atoms with E-state index in [2.05, 4.69) is 32.5 Å². The first-order valence-electron chi connectivity index (χ1n) is 8.12. The summed E-state index contributed by atoms with van der Waals surface area (Å²) in [5, 5.41) is 17.5. The number of nitrogens with one attached hydrogen (secondary N) is 2. The lowest BCUT2D eigenvalue weighted by Crippen LogP contribution is -2.06. The van der Waals surface area contributed by atoms with Gasteiger partial charge in [0.05, 0.1) is 4.92 Å². The van der Waals surface area contributed by atoms with Crippen molar-refractivity contribution in [1.29, 1.82) is 0 Å². The first kappa shape index (κ1) is 17.3. The number of nitrogens with zero attached hydrogens (tertiary/aromatic N) is 4. The number of benzene rings is 1. The van der Waals surface area contributed by atoms with Gasteiger partial charge in [-0.15, -0.1) is 0 Å². The second kappa shape index (κ2) is 7.56. The smallest absolute Gasteiger partial charge is 0.334 e. The van der Waals surface area contributed by atoms with Crippen molar-refractivity contribution in [2.45, 2.75) is 20.3 Å². The monoisotopic (exact) mass is 350 g/mol. The fourth-order valence-corrected chi connectivity index (χ4v) is 2.42. The third-order valence-corrected chi connectivity index (χ3v) is 3.88. The van der Waals surface area contributed by atoms with Gasteiger partial charge in [0.1, 0.15) is 12.1 Å². The SMILES string of the molecule is CCc1ccc(Nc2ncnc(Nc3ncccc3C)c2[N+](=O)[O-])cc1. The Balaban J connectivity index is 1.95. The number of hydrogen-bond acceptors (Lipinski definition) is 7. The van der Waals surface area contributed by atoms with Gasteiger partial charge in [-0.1, -0.05) is 25.1 Å². The molecule has 0 aliphatic carbocycles.